The van der Waals surface area contributed by atoms with Crippen molar-refractivity contribution < 1.29 is 5.11 Å². The zero-order chi connectivity index (χ0) is 11.7. The molecule has 1 aliphatic carbocycles. The molecule has 1 aliphatic rings. The van der Waals surface area contributed by atoms with Crippen LogP contribution in [0.15, 0.2) is 29.6 Å². The molecule has 0 aliphatic heterocycles. The predicted molar refractivity (Wildman–Crippen MR) is 73.4 cm³/mol. The van der Waals surface area contributed by atoms with Crippen LogP contribution in [0.1, 0.15) is 43.8 Å². The fraction of sp³-hybridized carbons (Fsp3) is 0.467. The van der Waals surface area contributed by atoms with E-state index in [0.717, 1.165) is 5.56 Å². The molecule has 0 spiro atoms. The Morgan fingerprint density at radius 2 is 1.94 bits per heavy atom. The fourth-order valence-corrected chi connectivity index (χ4v) is 3.90. The van der Waals surface area contributed by atoms with Crippen LogP contribution in [-0.4, -0.2) is 5.11 Å². The smallest absolute Gasteiger partial charge is 0.0832 e. The van der Waals surface area contributed by atoms with Crippen molar-refractivity contribution in [3.63, 3.8) is 0 Å². The first-order valence-electron chi connectivity index (χ1n) is 6.50. The van der Waals surface area contributed by atoms with Gasteiger partial charge in [-0.15, -0.1) is 11.3 Å². The maximum Gasteiger partial charge on any atom is 0.0832 e. The van der Waals surface area contributed by atoms with Crippen LogP contribution in [0.3, 0.4) is 0 Å². The number of fused-ring (bicyclic) bond motifs is 1. The molecule has 1 fully saturated rings. The summed E-state index contributed by atoms with van der Waals surface area (Å²) >= 11 is 1.75. The molecule has 2 aromatic rings. The molecule has 3 rings (SSSR count). The lowest BCUT2D eigenvalue weighted by atomic mass is 9.82. The number of hydrogen-bond donors (Lipinski definition) is 1. The summed E-state index contributed by atoms with van der Waals surface area (Å²) in [6.07, 6.45) is 6.00. The average molecular weight is 246 g/mol. The molecule has 1 N–H and O–H groups in total. The molecule has 17 heavy (non-hydrogen) atoms. The van der Waals surface area contributed by atoms with E-state index >= 15 is 0 Å². The van der Waals surface area contributed by atoms with Gasteiger partial charge in [-0.25, -0.2) is 0 Å². The van der Waals surface area contributed by atoms with Crippen molar-refractivity contribution in [2.45, 2.75) is 38.2 Å². The molecule has 1 aromatic heterocycles. The summed E-state index contributed by atoms with van der Waals surface area (Å²) in [5, 5.41) is 13.9. The van der Waals surface area contributed by atoms with Crippen LogP contribution in [-0.2, 0) is 0 Å². The molecule has 0 radical (unpaired) electrons. The predicted octanol–water partition coefficient (Wildman–Crippen LogP) is 4.52. The number of hydrogen-bond acceptors (Lipinski definition) is 2. The molecule has 90 valence electrons. The lowest BCUT2D eigenvalue weighted by Crippen LogP contribution is -2.15. The monoisotopic (exact) mass is 246 g/mol. The van der Waals surface area contributed by atoms with Crippen molar-refractivity contribution in [1.82, 2.24) is 0 Å². The molecule has 1 saturated carbocycles. The minimum absolute atomic E-state index is 0.266. The van der Waals surface area contributed by atoms with Crippen LogP contribution in [0.25, 0.3) is 10.1 Å². The van der Waals surface area contributed by atoms with Gasteiger partial charge in [-0.2, -0.15) is 0 Å². The standard InChI is InChI=1S/C15H18OS/c16-14(11-5-2-1-3-6-11)13-8-4-7-12-9-10-17-15(12)13/h4,7-11,14,16H,1-3,5-6H2. The van der Waals surface area contributed by atoms with E-state index in [-0.39, 0.29) is 6.10 Å². The third-order valence-corrected chi connectivity index (χ3v) is 4.90. The Balaban J connectivity index is 1.94. The zero-order valence-electron chi connectivity index (χ0n) is 9.93. The second-order valence-electron chi connectivity index (χ2n) is 5.03. The molecule has 1 atom stereocenters. The maximum atomic E-state index is 10.6. The summed E-state index contributed by atoms with van der Waals surface area (Å²) in [4.78, 5) is 0. The normalized spacial score (nSPS) is 19.6. The van der Waals surface area contributed by atoms with Crippen molar-refractivity contribution in [2.24, 2.45) is 5.92 Å². The maximum absolute atomic E-state index is 10.6. The van der Waals surface area contributed by atoms with Gasteiger partial charge in [-0.1, -0.05) is 37.5 Å². The van der Waals surface area contributed by atoms with Gasteiger partial charge in [0.25, 0.3) is 0 Å². The van der Waals surface area contributed by atoms with Crippen LogP contribution >= 0.6 is 11.3 Å². The SMILES string of the molecule is OC(c1cccc2ccsc12)C1CCCCC1. The molecule has 0 saturated heterocycles. The quantitative estimate of drug-likeness (QED) is 0.826. The second-order valence-corrected chi connectivity index (χ2v) is 5.95. The summed E-state index contributed by atoms with van der Waals surface area (Å²) in [5.41, 5.74) is 1.14. The first-order valence-corrected chi connectivity index (χ1v) is 7.38. The second kappa shape index (κ2) is 4.79. The van der Waals surface area contributed by atoms with Gasteiger partial charge < -0.3 is 5.11 Å². The third-order valence-electron chi connectivity index (χ3n) is 3.92. The van der Waals surface area contributed by atoms with Crippen molar-refractivity contribution in [2.75, 3.05) is 0 Å². The Bertz CT molecular complexity index is 496. The summed E-state index contributed by atoms with van der Waals surface area (Å²) in [7, 11) is 0. The highest BCUT2D eigenvalue weighted by molar-refractivity contribution is 7.17. The molecule has 0 amide bonds. The summed E-state index contributed by atoms with van der Waals surface area (Å²) < 4.78 is 1.27. The molecular formula is C15H18OS. The van der Waals surface area contributed by atoms with Crippen LogP contribution in [0, 0.1) is 5.92 Å². The lowest BCUT2D eigenvalue weighted by Gasteiger charge is -2.27. The molecule has 1 aromatic carbocycles. The van der Waals surface area contributed by atoms with Gasteiger partial charge in [0.2, 0.25) is 0 Å². The van der Waals surface area contributed by atoms with E-state index in [1.165, 1.54) is 42.2 Å². The van der Waals surface area contributed by atoms with Gasteiger partial charge in [0.15, 0.2) is 0 Å². The molecule has 1 nitrogen and oxygen atoms in total. The van der Waals surface area contributed by atoms with Crippen LogP contribution < -0.4 is 0 Å². The highest BCUT2D eigenvalue weighted by Gasteiger charge is 2.24. The minimum Gasteiger partial charge on any atom is -0.388 e. The summed E-state index contributed by atoms with van der Waals surface area (Å²) in [6, 6.07) is 8.43. The van der Waals surface area contributed by atoms with Gasteiger partial charge in [0, 0.05) is 4.70 Å². The van der Waals surface area contributed by atoms with Crippen molar-refractivity contribution in [1.29, 1.82) is 0 Å². The van der Waals surface area contributed by atoms with E-state index in [4.69, 9.17) is 0 Å². The highest BCUT2D eigenvalue weighted by atomic mass is 32.1. The number of rotatable bonds is 2. The summed E-state index contributed by atoms with van der Waals surface area (Å²) in [6.45, 7) is 0. The molecular weight excluding hydrogens is 228 g/mol. The Hall–Kier alpha value is -0.860. The van der Waals surface area contributed by atoms with Crippen molar-refractivity contribution >= 4 is 21.4 Å². The minimum atomic E-state index is -0.266. The Morgan fingerprint density at radius 3 is 2.76 bits per heavy atom. The van der Waals surface area contributed by atoms with Gasteiger partial charge in [-0.3, -0.25) is 0 Å². The first kappa shape index (κ1) is 11.2. The Morgan fingerprint density at radius 1 is 1.12 bits per heavy atom. The Labute approximate surface area is 106 Å². The van der Waals surface area contributed by atoms with Gasteiger partial charge in [-0.05, 0) is 41.2 Å². The number of thiophene rings is 1. The highest BCUT2D eigenvalue weighted by Crippen LogP contribution is 2.38. The average Bonchev–Trinajstić information content (AvgIpc) is 2.87. The van der Waals surface area contributed by atoms with E-state index in [2.05, 4.69) is 29.6 Å². The van der Waals surface area contributed by atoms with E-state index in [9.17, 15) is 5.11 Å². The van der Waals surface area contributed by atoms with E-state index in [1.54, 1.807) is 11.3 Å². The van der Waals surface area contributed by atoms with Crippen molar-refractivity contribution in [3.05, 3.63) is 35.2 Å². The fourth-order valence-electron chi connectivity index (χ4n) is 2.95. The van der Waals surface area contributed by atoms with Gasteiger partial charge in [0.05, 0.1) is 6.10 Å². The van der Waals surface area contributed by atoms with Crippen LogP contribution in [0.2, 0.25) is 0 Å². The topological polar surface area (TPSA) is 20.2 Å². The van der Waals surface area contributed by atoms with Crippen molar-refractivity contribution in [3.8, 4) is 0 Å². The number of aliphatic hydroxyl groups excluding tert-OH is 1. The molecule has 1 heterocycles. The first-order chi connectivity index (χ1) is 8.36. The molecule has 0 bridgehead atoms. The van der Waals surface area contributed by atoms with E-state index in [1.807, 2.05) is 0 Å². The van der Waals surface area contributed by atoms with Crippen LogP contribution in [0.4, 0.5) is 0 Å². The largest absolute Gasteiger partial charge is 0.388 e. The molecule has 1 unspecified atom stereocenters. The van der Waals surface area contributed by atoms with E-state index in [0.29, 0.717) is 5.92 Å². The van der Waals surface area contributed by atoms with Gasteiger partial charge in [0.1, 0.15) is 0 Å². The summed E-state index contributed by atoms with van der Waals surface area (Å²) in [5.74, 6) is 0.469. The van der Waals surface area contributed by atoms with E-state index < -0.39 is 0 Å². The Kier molecular flexibility index (Phi) is 3.17. The lowest BCUT2D eigenvalue weighted by molar-refractivity contribution is 0.0862. The molecule has 2 heteroatoms. The zero-order valence-corrected chi connectivity index (χ0v) is 10.7. The number of aliphatic hydroxyl groups is 1. The van der Waals surface area contributed by atoms with Crippen LogP contribution in [0.5, 0.6) is 0 Å². The third kappa shape index (κ3) is 2.12. The number of benzene rings is 1. The van der Waals surface area contributed by atoms with Gasteiger partial charge >= 0.3 is 0 Å².